The van der Waals surface area contributed by atoms with Crippen molar-refractivity contribution in [3.8, 4) is 0 Å². The van der Waals surface area contributed by atoms with Crippen LogP contribution in [0.25, 0.3) is 0 Å². The molecule has 21 heavy (non-hydrogen) atoms. The molecule has 3 rings (SSSR count). The highest BCUT2D eigenvalue weighted by atomic mass is 15.0. The van der Waals surface area contributed by atoms with Gasteiger partial charge in [-0.15, -0.1) is 0 Å². The van der Waals surface area contributed by atoms with Gasteiger partial charge in [0.15, 0.2) is 0 Å². The first kappa shape index (κ1) is 15.8. The van der Waals surface area contributed by atoms with Gasteiger partial charge in [0, 0.05) is 12.1 Å². The van der Waals surface area contributed by atoms with Crippen molar-refractivity contribution in [3.05, 3.63) is 70.8 Å². The fourth-order valence-corrected chi connectivity index (χ4v) is 2.87. The lowest BCUT2D eigenvalue weighted by molar-refractivity contribution is 0.574. The van der Waals surface area contributed by atoms with Gasteiger partial charge in [0.05, 0.1) is 0 Å². The van der Waals surface area contributed by atoms with Crippen molar-refractivity contribution in [2.75, 3.05) is 0 Å². The zero-order chi connectivity index (χ0) is 15.2. The van der Waals surface area contributed by atoms with Crippen LogP contribution in [0.5, 0.6) is 0 Å². The number of rotatable bonds is 2. The number of nitrogens with one attached hydrogen (secondary N) is 1. The lowest BCUT2D eigenvalue weighted by Gasteiger charge is -2.15. The summed E-state index contributed by atoms with van der Waals surface area (Å²) in [6, 6.07) is 18.8. The van der Waals surface area contributed by atoms with Crippen molar-refractivity contribution in [1.82, 2.24) is 5.32 Å². The lowest BCUT2D eigenvalue weighted by atomic mass is 10.0. The Kier molecular flexibility index (Phi) is 5.58. The largest absolute Gasteiger partial charge is 0.303 e. The van der Waals surface area contributed by atoms with Crippen LogP contribution in [0.2, 0.25) is 0 Å². The molecule has 1 heterocycles. The summed E-state index contributed by atoms with van der Waals surface area (Å²) in [5.74, 6) is 0. The molecule has 1 N–H and O–H groups in total. The van der Waals surface area contributed by atoms with Crippen molar-refractivity contribution in [2.45, 2.75) is 52.6 Å². The Balaban J connectivity index is 0.000000774. The van der Waals surface area contributed by atoms with Crippen LogP contribution in [0.3, 0.4) is 0 Å². The minimum Gasteiger partial charge on any atom is -0.303 e. The maximum atomic E-state index is 3.76. The van der Waals surface area contributed by atoms with Crippen molar-refractivity contribution in [1.29, 1.82) is 0 Å². The zero-order valence-corrected chi connectivity index (χ0v) is 13.7. The molecular weight excluding hydrogens is 254 g/mol. The third-order valence-corrected chi connectivity index (χ3v) is 4.11. The molecule has 2 unspecified atom stereocenters. The van der Waals surface area contributed by atoms with Gasteiger partial charge in [-0.2, -0.15) is 0 Å². The molecule has 2 aromatic rings. The number of aryl methyl sites for hydroxylation is 2. The molecular formula is C20H27N. The minimum absolute atomic E-state index is 0.506. The van der Waals surface area contributed by atoms with E-state index in [-0.39, 0.29) is 0 Å². The second-order valence-corrected chi connectivity index (χ2v) is 5.67. The Bertz CT molecular complexity index is 488. The first-order valence-corrected chi connectivity index (χ1v) is 8.11. The van der Waals surface area contributed by atoms with E-state index in [0.29, 0.717) is 12.1 Å². The van der Waals surface area contributed by atoms with Crippen molar-refractivity contribution < 1.29 is 0 Å². The third kappa shape index (κ3) is 3.95. The number of benzene rings is 2. The maximum Gasteiger partial charge on any atom is 0.0326 e. The summed E-state index contributed by atoms with van der Waals surface area (Å²) in [7, 11) is 0. The van der Waals surface area contributed by atoms with E-state index >= 15 is 0 Å². The molecule has 0 aromatic heterocycles. The highest BCUT2D eigenvalue weighted by molar-refractivity contribution is 5.28. The molecule has 0 bridgehead atoms. The molecule has 1 heteroatoms. The summed E-state index contributed by atoms with van der Waals surface area (Å²) in [5.41, 5.74) is 5.49. The smallest absolute Gasteiger partial charge is 0.0326 e. The molecule has 1 aliphatic heterocycles. The molecule has 1 fully saturated rings. The monoisotopic (exact) mass is 281 g/mol. The SMILES string of the molecule is CC.Cc1ccc(C2CCC(c3ccc(C)cc3)N2)cc1. The molecule has 112 valence electrons. The second-order valence-electron chi connectivity index (χ2n) is 5.67. The standard InChI is InChI=1S/C18H21N.C2H6/c1-13-3-7-15(8-4-13)17-11-12-18(19-17)16-9-5-14(2)6-10-16;1-2/h3-10,17-19H,11-12H2,1-2H3;1-2H3. The molecule has 2 aromatic carbocycles. The van der Waals surface area contributed by atoms with Gasteiger partial charge in [-0.1, -0.05) is 73.5 Å². The van der Waals surface area contributed by atoms with Gasteiger partial charge < -0.3 is 5.32 Å². The van der Waals surface area contributed by atoms with Gasteiger partial charge in [0.25, 0.3) is 0 Å². The zero-order valence-electron chi connectivity index (χ0n) is 13.7. The minimum atomic E-state index is 0.506. The van der Waals surface area contributed by atoms with Gasteiger partial charge in [-0.05, 0) is 37.8 Å². The Hall–Kier alpha value is -1.60. The topological polar surface area (TPSA) is 12.0 Å². The first-order valence-electron chi connectivity index (χ1n) is 8.11. The summed E-state index contributed by atoms with van der Waals surface area (Å²) >= 11 is 0. The summed E-state index contributed by atoms with van der Waals surface area (Å²) in [6.45, 7) is 8.28. The summed E-state index contributed by atoms with van der Waals surface area (Å²) in [6.07, 6.45) is 2.45. The molecule has 1 aliphatic rings. The van der Waals surface area contributed by atoms with E-state index in [1.807, 2.05) is 13.8 Å². The third-order valence-electron chi connectivity index (χ3n) is 4.11. The Morgan fingerprint density at radius 3 is 1.33 bits per heavy atom. The van der Waals surface area contributed by atoms with E-state index in [4.69, 9.17) is 0 Å². The van der Waals surface area contributed by atoms with Crippen LogP contribution in [-0.4, -0.2) is 0 Å². The molecule has 2 atom stereocenters. The molecule has 1 saturated heterocycles. The van der Waals surface area contributed by atoms with Gasteiger partial charge in [-0.25, -0.2) is 0 Å². The summed E-state index contributed by atoms with van der Waals surface area (Å²) in [4.78, 5) is 0. The molecule has 0 spiro atoms. The van der Waals surface area contributed by atoms with Crippen LogP contribution in [0.4, 0.5) is 0 Å². The predicted molar refractivity (Wildman–Crippen MR) is 91.6 cm³/mol. The lowest BCUT2D eigenvalue weighted by Crippen LogP contribution is -2.17. The highest BCUT2D eigenvalue weighted by Crippen LogP contribution is 2.34. The van der Waals surface area contributed by atoms with Crippen molar-refractivity contribution in [3.63, 3.8) is 0 Å². The average Bonchev–Trinajstić information content (AvgIpc) is 3.01. The van der Waals surface area contributed by atoms with Crippen LogP contribution in [-0.2, 0) is 0 Å². The number of hydrogen-bond acceptors (Lipinski definition) is 1. The molecule has 0 saturated carbocycles. The molecule has 1 nitrogen and oxygen atoms in total. The van der Waals surface area contributed by atoms with E-state index in [0.717, 1.165) is 0 Å². The van der Waals surface area contributed by atoms with Crippen LogP contribution in [0.1, 0.15) is 61.0 Å². The highest BCUT2D eigenvalue weighted by Gasteiger charge is 2.25. The summed E-state index contributed by atoms with van der Waals surface area (Å²) in [5, 5.41) is 3.76. The quantitative estimate of drug-likeness (QED) is 0.767. The predicted octanol–water partition coefficient (Wildman–Crippen LogP) is 5.50. The van der Waals surface area contributed by atoms with E-state index < -0.39 is 0 Å². The van der Waals surface area contributed by atoms with Crippen LogP contribution in [0, 0.1) is 13.8 Å². The molecule has 0 amide bonds. The number of hydrogen-bond donors (Lipinski definition) is 1. The van der Waals surface area contributed by atoms with Crippen molar-refractivity contribution in [2.24, 2.45) is 0 Å². The Morgan fingerprint density at radius 2 is 1.00 bits per heavy atom. The van der Waals surface area contributed by atoms with Gasteiger partial charge >= 0.3 is 0 Å². The van der Waals surface area contributed by atoms with Gasteiger partial charge in [-0.3, -0.25) is 0 Å². The van der Waals surface area contributed by atoms with Crippen LogP contribution < -0.4 is 5.32 Å². The summed E-state index contributed by atoms with van der Waals surface area (Å²) < 4.78 is 0. The van der Waals surface area contributed by atoms with Gasteiger partial charge in [0.1, 0.15) is 0 Å². The molecule has 0 radical (unpaired) electrons. The normalized spacial score (nSPS) is 20.8. The van der Waals surface area contributed by atoms with Crippen molar-refractivity contribution >= 4 is 0 Å². The molecule has 0 aliphatic carbocycles. The van der Waals surface area contributed by atoms with Gasteiger partial charge in [0.2, 0.25) is 0 Å². The maximum absolute atomic E-state index is 3.76. The first-order chi connectivity index (χ1) is 10.2. The Labute approximate surface area is 129 Å². The van der Waals surface area contributed by atoms with Crippen LogP contribution in [0.15, 0.2) is 48.5 Å². The average molecular weight is 281 g/mol. The van der Waals surface area contributed by atoms with E-state index in [2.05, 4.69) is 67.7 Å². The van der Waals surface area contributed by atoms with E-state index in [1.54, 1.807) is 0 Å². The Morgan fingerprint density at radius 1 is 0.667 bits per heavy atom. The van der Waals surface area contributed by atoms with E-state index in [9.17, 15) is 0 Å². The van der Waals surface area contributed by atoms with Crippen LogP contribution >= 0.6 is 0 Å². The second kappa shape index (κ2) is 7.42. The fourth-order valence-electron chi connectivity index (χ4n) is 2.87. The van der Waals surface area contributed by atoms with E-state index in [1.165, 1.54) is 35.1 Å². The fraction of sp³-hybridized carbons (Fsp3) is 0.400.